The van der Waals surface area contributed by atoms with Crippen LogP contribution in [0.4, 0.5) is 0 Å². The molecule has 9 nitrogen and oxygen atoms in total. The van der Waals surface area contributed by atoms with Gasteiger partial charge in [-0.15, -0.1) is 0 Å². The lowest BCUT2D eigenvalue weighted by atomic mass is 10.1. The molecule has 1 unspecified atom stereocenters. The third-order valence-electron chi connectivity index (χ3n) is 8.39. The topological polar surface area (TPSA) is 108 Å². The number of nitrogens with zero attached hydrogens (tertiary/aromatic N) is 1. The lowest BCUT2D eigenvalue weighted by Crippen LogP contribution is -2.37. The summed E-state index contributed by atoms with van der Waals surface area (Å²) in [6.45, 7) is 4.32. The zero-order valence-electron chi connectivity index (χ0n) is 33.3. The predicted molar refractivity (Wildman–Crippen MR) is 210 cm³/mol. The number of likely N-dealkylation sites (N-methyl/N-ethyl adjacent to an activating group) is 1. The number of rotatable bonds is 36. The molecule has 0 fully saturated rings. The van der Waals surface area contributed by atoms with Crippen molar-refractivity contribution >= 4 is 19.8 Å². The van der Waals surface area contributed by atoms with Crippen LogP contribution in [0.5, 0.6) is 0 Å². The van der Waals surface area contributed by atoms with E-state index in [0.29, 0.717) is 17.4 Å². The monoisotopic (exact) mass is 743 g/mol. The van der Waals surface area contributed by atoms with Crippen LogP contribution in [0.3, 0.4) is 0 Å². The molecule has 0 aliphatic heterocycles. The van der Waals surface area contributed by atoms with E-state index in [9.17, 15) is 19.0 Å². The minimum atomic E-state index is -4.37. The van der Waals surface area contributed by atoms with Crippen LogP contribution in [0.1, 0.15) is 162 Å². The highest BCUT2D eigenvalue weighted by atomic mass is 31.2. The average Bonchev–Trinajstić information content (AvgIpc) is 3.07. The van der Waals surface area contributed by atoms with E-state index in [-0.39, 0.29) is 32.0 Å². The summed E-state index contributed by atoms with van der Waals surface area (Å²) in [5.74, 6) is -0.827. The number of ether oxygens (including phenoxy) is 2. The van der Waals surface area contributed by atoms with Gasteiger partial charge in [0.2, 0.25) is 0 Å². The number of carbonyl (C=O) groups excluding carboxylic acids is 2. The van der Waals surface area contributed by atoms with Gasteiger partial charge in [0.05, 0.1) is 27.7 Å². The summed E-state index contributed by atoms with van der Waals surface area (Å²) in [5.41, 5.74) is 0. The van der Waals surface area contributed by atoms with Gasteiger partial charge in [-0.2, -0.15) is 0 Å². The normalized spacial score (nSPS) is 14.1. The molecule has 0 aromatic carbocycles. The molecule has 0 aromatic rings. The Kier molecular flexibility index (Phi) is 32.8. The van der Waals surface area contributed by atoms with Gasteiger partial charge in [0.25, 0.3) is 0 Å². The molecule has 0 heterocycles. The van der Waals surface area contributed by atoms with Crippen molar-refractivity contribution in [1.29, 1.82) is 0 Å². The van der Waals surface area contributed by atoms with Gasteiger partial charge in [-0.25, -0.2) is 4.57 Å². The Hall–Kier alpha value is -1.77. The summed E-state index contributed by atoms with van der Waals surface area (Å²) < 4.78 is 34.2. The average molecular weight is 743 g/mol. The van der Waals surface area contributed by atoms with Gasteiger partial charge in [0.1, 0.15) is 19.8 Å². The second-order valence-electron chi connectivity index (χ2n) is 14.7. The first-order chi connectivity index (χ1) is 24.5. The molecule has 0 aliphatic carbocycles. The minimum absolute atomic E-state index is 0.0271. The Bertz CT molecular complexity index is 975. The Balaban J connectivity index is 4.46. The van der Waals surface area contributed by atoms with E-state index in [1.54, 1.807) is 0 Å². The highest BCUT2D eigenvalue weighted by Crippen LogP contribution is 2.43. The molecule has 2 atom stereocenters. The van der Waals surface area contributed by atoms with Crippen molar-refractivity contribution in [3.63, 3.8) is 0 Å². The molecule has 0 spiro atoms. The highest BCUT2D eigenvalue weighted by molar-refractivity contribution is 7.47. The number of hydrogen-bond donors (Lipinski definition) is 1. The van der Waals surface area contributed by atoms with Gasteiger partial charge in [0.15, 0.2) is 6.10 Å². The number of hydrogen-bond acceptors (Lipinski definition) is 7. The summed E-state index contributed by atoms with van der Waals surface area (Å²) in [6.07, 6.45) is 36.1. The number of carbonyl (C=O) groups is 2. The quantitative estimate of drug-likeness (QED) is 0.0222. The fourth-order valence-corrected chi connectivity index (χ4v) is 5.88. The molecule has 0 amide bonds. The van der Waals surface area contributed by atoms with Crippen molar-refractivity contribution in [2.24, 2.45) is 0 Å². The van der Waals surface area contributed by atoms with Gasteiger partial charge in [-0.05, 0) is 64.2 Å². The van der Waals surface area contributed by atoms with E-state index >= 15 is 0 Å². The lowest BCUT2D eigenvalue weighted by molar-refractivity contribution is -0.870. The summed E-state index contributed by atoms with van der Waals surface area (Å²) in [4.78, 5) is 35.2. The van der Waals surface area contributed by atoms with Gasteiger partial charge in [-0.3, -0.25) is 18.6 Å². The predicted octanol–water partition coefficient (Wildman–Crippen LogP) is 11.0. The summed E-state index contributed by atoms with van der Waals surface area (Å²) in [6, 6.07) is 0. The molecule has 0 saturated carbocycles. The largest absolute Gasteiger partial charge is 0.472 e. The Morgan fingerprint density at radius 3 is 1.63 bits per heavy atom. The smallest absolute Gasteiger partial charge is 0.462 e. The lowest BCUT2D eigenvalue weighted by Gasteiger charge is -2.24. The number of allylic oxidation sites excluding steroid dienone is 6. The van der Waals surface area contributed by atoms with Crippen molar-refractivity contribution in [2.45, 2.75) is 168 Å². The molecule has 0 radical (unpaired) electrons. The summed E-state index contributed by atoms with van der Waals surface area (Å²) in [5, 5.41) is 0. The van der Waals surface area contributed by atoms with Gasteiger partial charge >= 0.3 is 19.8 Å². The zero-order chi connectivity index (χ0) is 37.9. The van der Waals surface area contributed by atoms with E-state index in [4.69, 9.17) is 18.5 Å². The SMILES string of the molecule is CCCC/C=C/C/C=C/CCCCCCCC(=O)O[C@H](COC(=O)CCCCCCC/C=C/CCCCCC)COP(=O)(O)OCC[N+](C)(C)C. The molecular formula is C41H77NO8P+. The maximum atomic E-state index is 12.6. The van der Waals surface area contributed by atoms with E-state index in [0.717, 1.165) is 83.5 Å². The molecule has 0 bridgehead atoms. The number of esters is 2. The van der Waals surface area contributed by atoms with Crippen LogP contribution in [0.25, 0.3) is 0 Å². The number of phosphoric acid groups is 1. The molecule has 0 saturated heterocycles. The minimum Gasteiger partial charge on any atom is -0.462 e. The Morgan fingerprint density at radius 2 is 1.08 bits per heavy atom. The third-order valence-corrected chi connectivity index (χ3v) is 9.38. The fourth-order valence-electron chi connectivity index (χ4n) is 5.14. The standard InChI is InChI=1S/C41H76NO8P/c1-6-8-10-12-14-16-18-20-22-24-26-28-30-32-34-41(44)50-39(38-49-51(45,46)48-36-35-42(3,4)5)37-47-40(43)33-31-29-27-25-23-21-19-17-15-13-11-9-7-2/h12,14,17-20,39H,6-11,13,15-16,21-38H2,1-5H3/p+1/b14-12+,19-17+,20-18+/t39-/m1/s1. The van der Waals surface area contributed by atoms with Crippen LogP contribution in [-0.4, -0.2) is 74.9 Å². The maximum absolute atomic E-state index is 12.6. The second-order valence-corrected chi connectivity index (χ2v) is 16.1. The summed E-state index contributed by atoms with van der Waals surface area (Å²) in [7, 11) is 1.46. The van der Waals surface area contributed by atoms with Gasteiger partial charge < -0.3 is 18.9 Å². The first-order valence-corrected chi connectivity index (χ1v) is 21.7. The van der Waals surface area contributed by atoms with E-state index in [1.165, 1.54) is 44.9 Å². The molecule has 10 heteroatoms. The van der Waals surface area contributed by atoms with Gasteiger partial charge in [0, 0.05) is 12.8 Å². The van der Waals surface area contributed by atoms with Crippen molar-refractivity contribution in [3.05, 3.63) is 36.5 Å². The van der Waals surface area contributed by atoms with Crippen LogP contribution in [0.2, 0.25) is 0 Å². The van der Waals surface area contributed by atoms with Crippen LogP contribution in [-0.2, 0) is 32.7 Å². The fraction of sp³-hybridized carbons (Fsp3) is 0.805. The molecular weight excluding hydrogens is 665 g/mol. The van der Waals surface area contributed by atoms with Crippen LogP contribution in [0.15, 0.2) is 36.5 Å². The highest BCUT2D eigenvalue weighted by Gasteiger charge is 2.27. The Labute approximate surface area is 312 Å². The molecule has 0 aromatic heterocycles. The molecule has 1 N–H and O–H groups in total. The van der Waals surface area contributed by atoms with Crippen molar-refractivity contribution < 1.29 is 42.1 Å². The van der Waals surface area contributed by atoms with E-state index in [1.807, 2.05) is 21.1 Å². The molecule has 0 aliphatic rings. The zero-order valence-corrected chi connectivity index (χ0v) is 34.2. The van der Waals surface area contributed by atoms with Crippen LogP contribution >= 0.6 is 7.82 Å². The molecule has 298 valence electrons. The third kappa shape index (κ3) is 37.8. The molecule has 51 heavy (non-hydrogen) atoms. The van der Waals surface area contributed by atoms with Crippen LogP contribution in [0, 0.1) is 0 Å². The number of unbranched alkanes of at least 4 members (excludes halogenated alkanes) is 16. The van der Waals surface area contributed by atoms with Crippen molar-refractivity contribution in [1.82, 2.24) is 0 Å². The van der Waals surface area contributed by atoms with Crippen molar-refractivity contribution in [2.75, 3.05) is 47.5 Å². The Morgan fingerprint density at radius 1 is 0.608 bits per heavy atom. The number of quaternary nitrogens is 1. The van der Waals surface area contributed by atoms with Gasteiger partial charge in [-0.1, -0.05) is 121 Å². The van der Waals surface area contributed by atoms with Crippen molar-refractivity contribution in [3.8, 4) is 0 Å². The van der Waals surface area contributed by atoms with E-state index < -0.39 is 26.5 Å². The second kappa shape index (κ2) is 34.0. The maximum Gasteiger partial charge on any atom is 0.472 e. The molecule has 0 rings (SSSR count). The first-order valence-electron chi connectivity index (χ1n) is 20.2. The van der Waals surface area contributed by atoms with Crippen LogP contribution < -0.4 is 0 Å². The summed E-state index contributed by atoms with van der Waals surface area (Å²) >= 11 is 0. The van der Waals surface area contributed by atoms with E-state index in [2.05, 4.69) is 50.3 Å². The number of phosphoric ester groups is 1. The first kappa shape index (κ1) is 49.2.